The number of hydrogen-bond acceptors (Lipinski definition) is 7. The third-order valence-corrected chi connectivity index (χ3v) is 4.34. The van der Waals surface area contributed by atoms with E-state index in [2.05, 4.69) is 15.4 Å². The second kappa shape index (κ2) is 6.54. The van der Waals surface area contributed by atoms with Gasteiger partial charge < -0.3 is 9.84 Å². The van der Waals surface area contributed by atoms with Crippen LogP contribution in [-0.4, -0.2) is 51.4 Å². The molecule has 0 saturated carbocycles. The van der Waals surface area contributed by atoms with Gasteiger partial charge in [-0.05, 0) is 47.7 Å². The van der Waals surface area contributed by atoms with Crippen LogP contribution < -0.4 is 4.74 Å². The Hall–Kier alpha value is -3.31. The molecule has 26 heavy (non-hydrogen) atoms. The molecule has 0 aliphatic heterocycles. The van der Waals surface area contributed by atoms with E-state index in [9.17, 15) is 18.3 Å². The highest BCUT2D eigenvalue weighted by atomic mass is 32.2. The van der Waals surface area contributed by atoms with E-state index in [0.29, 0.717) is 11.3 Å². The van der Waals surface area contributed by atoms with Gasteiger partial charge in [-0.25, -0.2) is 4.79 Å². The fraction of sp³-hybridized carbons (Fsp3) is 0.0667. The van der Waals surface area contributed by atoms with Gasteiger partial charge in [0.15, 0.2) is 0 Å². The summed E-state index contributed by atoms with van der Waals surface area (Å²) in [5.74, 6) is -0.777. The van der Waals surface area contributed by atoms with Crippen LogP contribution in [0, 0.1) is 0 Å². The lowest BCUT2D eigenvalue weighted by Crippen LogP contribution is -2.02. The molecule has 0 unspecified atom stereocenters. The van der Waals surface area contributed by atoms with Crippen molar-refractivity contribution < 1.29 is 27.6 Å². The van der Waals surface area contributed by atoms with E-state index in [1.54, 1.807) is 6.07 Å². The van der Waals surface area contributed by atoms with Crippen LogP contribution in [0.25, 0.3) is 17.1 Å². The second-order valence-corrected chi connectivity index (χ2v) is 6.51. The molecule has 1 heterocycles. The maximum atomic E-state index is 11.3. The molecule has 0 radical (unpaired) electrons. The van der Waals surface area contributed by atoms with Crippen LogP contribution in [0.3, 0.4) is 0 Å². The molecule has 0 bridgehead atoms. The summed E-state index contributed by atoms with van der Waals surface area (Å²) >= 11 is 0. The molecule has 0 aliphatic rings. The zero-order chi connectivity index (χ0) is 18.9. The number of carbonyl (C=O) groups is 1. The van der Waals surface area contributed by atoms with Crippen molar-refractivity contribution in [1.29, 1.82) is 0 Å². The van der Waals surface area contributed by atoms with Gasteiger partial charge in [0, 0.05) is 5.56 Å². The van der Waals surface area contributed by atoms with E-state index < -0.39 is 16.1 Å². The van der Waals surface area contributed by atoms with E-state index in [1.807, 2.05) is 0 Å². The summed E-state index contributed by atoms with van der Waals surface area (Å²) in [6, 6.07) is 9.63. The Balaban J connectivity index is 1.95. The van der Waals surface area contributed by atoms with Gasteiger partial charge in [0.25, 0.3) is 10.1 Å². The number of rotatable bonds is 5. The number of nitrogens with zero attached hydrogens (tertiary/aromatic N) is 4. The van der Waals surface area contributed by atoms with Gasteiger partial charge in [-0.1, -0.05) is 0 Å². The summed E-state index contributed by atoms with van der Waals surface area (Å²) in [6.45, 7) is 0. The molecule has 2 N–H and O–H groups in total. The fourth-order valence-electron chi connectivity index (χ4n) is 2.20. The lowest BCUT2D eigenvalue weighted by molar-refractivity contribution is 0.0693. The molecule has 0 atom stereocenters. The highest BCUT2D eigenvalue weighted by Crippen LogP contribution is 2.24. The predicted octanol–water partition coefficient (Wildman–Crippen LogP) is 1.28. The molecule has 11 heteroatoms. The first-order chi connectivity index (χ1) is 12.3. The van der Waals surface area contributed by atoms with Gasteiger partial charge in [-0.15, -0.1) is 15.0 Å². The molecule has 0 fully saturated rings. The van der Waals surface area contributed by atoms with Gasteiger partial charge in [0.05, 0.1) is 17.7 Å². The SMILES string of the molecule is COc1ccc(-c2nnn(-c3ccc(S(=O)(=O)O)cc3)n2)cc1C(=O)O. The third-order valence-electron chi connectivity index (χ3n) is 3.47. The lowest BCUT2D eigenvalue weighted by atomic mass is 10.1. The van der Waals surface area contributed by atoms with E-state index in [4.69, 9.17) is 9.29 Å². The van der Waals surface area contributed by atoms with Gasteiger partial charge in [-0.3, -0.25) is 4.55 Å². The number of benzene rings is 2. The van der Waals surface area contributed by atoms with E-state index in [-0.39, 0.29) is 22.0 Å². The number of carboxylic acids is 1. The number of aromatic carboxylic acids is 1. The summed E-state index contributed by atoms with van der Waals surface area (Å²) in [5, 5.41) is 21.1. The van der Waals surface area contributed by atoms with Crippen LogP contribution in [0.2, 0.25) is 0 Å². The van der Waals surface area contributed by atoms with Crippen molar-refractivity contribution in [3.63, 3.8) is 0 Å². The first-order valence-electron chi connectivity index (χ1n) is 7.09. The van der Waals surface area contributed by atoms with Crippen LogP contribution in [0.4, 0.5) is 0 Å². The molecule has 0 aliphatic carbocycles. The largest absolute Gasteiger partial charge is 0.496 e. The quantitative estimate of drug-likeness (QED) is 0.629. The van der Waals surface area contributed by atoms with Crippen molar-refractivity contribution >= 4 is 16.1 Å². The molecule has 0 amide bonds. The average molecular weight is 376 g/mol. The predicted molar refractivity (Wildman–Crippen MR) is 87.9 cm³/mol. The zero-order valence-corrected chi connectivity index (χ0v) is 14.1. The van der Waals surface area contributed by atoms with E-state index in [1.165, 1.54) is 43.5 Å². The van der Waals surface area contributed by atoms with Gasteiger partial charge in [-0.2, -0.15) is 8.42 Å². The fourth-order valence-corrected chi connectivity index (χ4v) is 2.68. The van der Waals surface area contributed by atoms with Crippen molar-refractivity contribution in [2.75, 3.05) is 7.11 Å². The van der Waals surface area contributed by atoms with Crippen LogP contribution in [0.5, 0.6) is 5.75 Å². The highest BCUT2D eigenvalue weighted by molar-refractivity contribution is 7.85. The number of ether oxygens (including phenoxy) is 1. The summed E-state index contributed by atoms with van der Waals surface area (Å²) in [5.41, 5.74) is 0.783. The maximum absolute atomic E-state index is 11.3. The molecule has 2 aromatic carbocycles. The first-order valence-corrected chi connectivity index (χ1v) is 8.53. The van der Waals surface area contributed by atoms with Crippen molar-refractivity contribution in [3.8, 4) is 22.8 Å². The first kappa shape index (κ1) is 17.5. The Morgan fingerprint density at radius 3 is 2.42 bits per heavy atom. The summed E-state index contributed by atoms with van der Waals surface area (Å²) in [6.07, 6.45) is 0. The Bertz CT molecular complexity index is 1080. The van der Waals surface area contributed by atoms with Crippen molar-refractivity contribution in [2.24, 2.45) is 0 Å². The molecule has 1 aromatic heterocycles. The van der Waals surface area contributed by atoms with Crippen LogP contribution in [-0.2, 0) is 10.1 Å². The van der Waals surface area contributed by atoms with E-state index in [0.717, 1.165) is 4.80 Å². The summed E-state index contributed by atoms with van der Waals surface area (Å²) in [7, 11) is -2.92. The maximum Gasteiger partial charge on any atom is 0.339 e. The molecule has 0 spiro atoms. The minimum Gasteiger partial charge on any atom is -0.496 e. The Morgan fingerprint density at radius 2 is 1.85 bits per heavy atom. The number of methoxy groups -OCH3 is 1. The zero-order valence-electron chi connectivity index (χ0n) is 13.3. The van der Waals surface area contributed by atoms with Crippen LogP contribution >= 0.6 is 0 Å². The molecule has 3 rings (SSSR count). The van der Waals surface area contributed by atoms with Crippen LogP contribution in [0.1, 0.15) is 10.4 Å². The summed E-state index contributed by atoms with van der Waals surface area (Å²) < 4.78 is 36.1. The number of hydrogen-bond donors (Lipinski definition) is 2. The number of tetrazole rings is 1. The number of carboxylic acid groups (broad SMARTS) is 1. The van der Waals surface area contributed by atoms with Crippen molar-refractivity contribution in [2.45, 2.75) is 4.90 Å². The Labute approximate surface area is 147 Å². The molecular formula is C15H12N4O6S. The smallest absolute Gasteiger partial charge is 0.339 e. The molecule has 0 saturated heterocycles. The monoisotopic (exact) mass is 376 g/mol. The second-order valence-electron chi connectivity index (χ2n) is 5.09. The average Bonchev–Trinajstić information content (AvgIpc) is 3.10. The lowest BCUT2D eigenvalue weighted by Gasteiger charge is -2.05. The number of aromatic nitrogens is 4. The normalized spacial score (nSPS) is 11.3. The van der Waals surface area contributed by atoms with Gasteiger partial charge >= 0.3 is 5.97 Å². The molecule has 10 nitrogen and oxygen atoms in total. The molecule has 3 aromatic rings. The van der Waals surface area contributed by atoms with Gasteiger partial charge in [0.1, 0.15) is 11.3 Å². The minimum atomic E-state index is -4.29. The standard InChI is InChI=1S/C15H12N4O6S/c1-25-13-7-2-9(8-12(13)15(20)21)14-16-18-19(17-14)10-3-5-11(6-4-10)26(22,23)24/h2-8H,1H3,(H,20,21)(H,22,23,24). The highest BCUT2D eigenvalue weighted by Gasteiger charge is 2.15. The van der Waals surface area contributed by atoms with Crippen molar-refractivity contribution in [3.05, 3.63) is 48.0 Å². The Kier molecular flexibility index (Phi) is 4.40. The Morgan fingerprint density at radius 1 is 1.15 bits per heavy atom. The molecular weight excluding hydrogens is 364 g/mol. The summed E-state index contributed by atoms with van der Waals surface area (Å²) in [4.78, 5) is 12.2. The molecule has 134 valence electrons. The minimum absolute atomic E-state index is 0.0427. The van der Waals surface area contributed by atoms with Crippen LogP contribution in [0.15, 0.2) is 47.4 Å². The third kappa shape index (κ3) is 3.38. The van der Waals surface area contributed by atoms with Gasteiger partial charge in [0.2, 0.25) is 5.82 Å². The van der Waals surface area contributed by atoms with E-state index >= 15 is 0 Å². The topological polar surface area (TPSA) is 144 Å². The van der Waals surface area contributed by atoms with Crippen molar-refractivity contribution in [1.82, 2.24) is 20.2 Å².